The van der Waals surface area contributed by atoms with Crippen LogP contribution < -0.4 is 16.0 Å². The van der Waals surface area contributed by atoms with E-state index in [1.54, 1.807) is 7.11 Å². The van der Waals surface area contributed by atoms with Crippen molar-refractivity contribution >= 4 is 11.9 Å². The normalized spacial score (nSPS) is 11.4. The highest BCUT2D eigenvalue weighted by Crippen LogP contribution is 2.12. The predicted octanol–water partition coefficient (Wildman–Crippen LogP) is -0.145. The van der Waals surface area contributed by atoms with Gasteiger partial charge in [-0.05, 0) is 20.8 Å². The first kappa shape index (κ1) is 19.0. The Kier molecular flexibility index (Phi) is 8.10. The first-order valence-electron chi connectivity index (χ1n) is 7.76. The highest BCUT2D eigenvalue weighted by Gasteiger charge is 2.09. The number of hydrogen-bond donors (Lipinski definition) is 3. The minimum absolute atomic E-state index is 0.0959. The second-order valence-electron chi connectivity index (χ2n) is 5.16. The molecule has 1 heterocycles. The predicted molar refractivity (Wildman–Crippen MR) is 90.4 cm³/mol. The summed E-state index contributed by atoms with van der Waals surface area (Å²) in [5, 5.41) is 13.3. The zero-order valence-corrected chi connectivity index (χ0v) is 14.7. The monoisotopic (exact) mass is 324 g/mol. The fourth-order valence-electron chi connectivity index (χ4n) is 2.07. The Morgan fingerprint density at radius 1 is 1.30 bits per heavy atom. The molecule has 23 heavy (non-hydrogen) atoms. The van der Waals surface area contributed by atoms with E-state index in [1.165, 1.54) is 0 Å². The van der Waals surface area contributed by atoms with Gasteiger partial charge in [0.05, 0.1) is 25.4 Å². The standard InChI is InChI=1S/C15H28N6O2/c1-6-16-15(19-10-14(22)17-7-8-23-5)18-9-13-11(2)20-21(4)12(13)3/h6-10H2,1-5H3,(H,17,22)(H2,16,18,19). The van der Waals surface area contributed by atoms with Gasteiger partial charge in [-0.3, -0.25) is 9.48 Å². The van der Waals surface area contributed by atoms with Crippen molar-refractivity contribution in [1.29, 1.82) is 0 Å². The molecule has 3 N–H and O–H groups in total. The fraction of sp³-hybridized carbons (Fsp3) is 0.667. The Balaban J connectivity index is 2.58. The number of amides is 1. The van der Waals surface area contributed by atoms with E-state index in [1.807, 2.05) is 32.5 Å². The summed E-state index contributed by atoms with van der Waals surface area (Å²) in [5.41, 5.74) is 3.18. The molecule has 8 nitrogen and oxygen atoms in total. The van der Waals surface area contributed by atoms with Crippen molar-refractivity contribution in [3.05, 3.63) is 17.0 Å². The lowest BCUT2D eigenvalue weighted by molar-refractivity contribution is -0.120. The van der Waals surface area contributed by atoms with Crippen LogP contribution in [-0.4, -0.2) is 55.0 Å². The third-order valence-corrected chi connectivity index (χ3v) is 3.44. The van der Waals surface area contributed by atoms with Gasteiger partial charge in [0, 0.05) is 38.5 Å². The largest absolute Gasteiger partial charge is 0.383 e. The zero-order chi connectivity index (χ0) is 17.2. The Morgan fingerprint density at radius 2 is 2.04 bits per heavy atom. The summed E-state index contributed by atoms with van der Waals surface area (Å²) >= 11 is 0. The summed E-state index contributed by atoms with van der Waals surface area (Å²) < 4.78 is 6.74. The van der Waals surface area contributed by atoms with Gasteiger partial charge in [0.25, 0.3) is 0 Å². The van der Waals surface area contributed by atoms with Crippen LogP contribution in [0.25, 0.3) is 0 Å². The van der Waals surface area contributed by atoms with Gasteiger partial charge >= 0.3 is 0 Å². The van der Waals surface area contributed by atoms with Crippen LogP contribution in [0.2, 0.25) is 0 Å². The second kappa shape index (κ2) is 9.83. The lowest BCUT2D eigenvalue weighted by Gasteiger charge is -2.11. The molecule has 0 atom stereocenters. The van der Waals surface area contributed by atoms with Crippen molar-refractivity contribution in [2.45, 2.75) is 27.3 Å². The number of carbonyl (C=O) groups is 1. The zero-order valence-electron chi connectivity index (χ0n) is 14.7. The van der Waals surface area contributed by atoms with Crippen LogP contribution >= 0.6 is 0 Å². The van der Waals surface area contributed by atoms with Crippen LogP contribution in [0.3, 0.4) is 0 Å². The number of guanidine groups is 1. The van der Waals surface area contributed by atoms with E-state index in [9.17, 15) is 4.79 Å². The molecule has 0 spiro atoms. The number of methoxy groups -OCH3 is 1. The molecule has 1 amide bonds. The number of aromatic nitrogens is 2. The number of ether oxygens (including phenoxy) is 1. The van der Waals surface area contributed by atoms with Crippen LogP contribution in [0.4, 0.5) is 0 Å². The molecule has 0 radical (unpaired) electrons. The van der Waals surface area contributed by atoms with Crippen molar-refractivity contribution in [3.8, 4) is 0 Å². The third-order valence-electron chi connectivity index (χ3n) is 3.44. The van der Waals surface area contributed by atoms with Crippen molar-refractivity contribution in [1.82, 2.24) is 25.7 Å². The Hall–Kier alpha value is -2.09. The van der Waals surface area contributed by atoms with Crippen molar-refractivity contribution in [3.63, 3.8) is 0 Å². The number of rotatable bonds is 8. The lowest BCUT2D eigenvalue weighted by atomic mass is 10.2. The fourth-order valence-corrected chi connectivity index (χ4v) is 2.07. The summed E-state index contributed by atoms with van der Waals surface area (Å²) in [6.45, 7) is 8.39. The molecule has 0 aliphatic carbocycles. The number of nitrogens with zero attached hydrogens (tertiary/aromatic N) is 3. The van der Waals surface area contributed by atoms with E-state index in [0.29, 0.717) is 25.7 Å². The first-order valence-corrected chi connectivity index (χ1v) is 7.76. The molecule has 0 bridgehead atoms. The van der Waals surface area contributed by atoms with Crippen LogP contribution in [0, 0.1) is 13.8 Å². The summed E-state index contributed by atoms with van der Waals surface area (Å²) in [4.78, 5) is 16.2. The molecule has 0 aliphatic rings. The summed E-state index contributed by atoms with van der Waals surface area (Å²) in [7, 11) is 3.52. The van der Waals surface area contributed by atoms with Crippen molar-refractivity contribution in [2.75, 3.05) is 33.4 Å². The maximum Gasteiger partial charge on any atom is 0.239 e. The molecule has 1 aromatic heterocycles. The van der Waals surface area contributed by atoms with Gasteiger partial charge in [0.1, 0.15) is 0 Å². The molecule has 0 unspecified atom stereocenters. The van der Waals surface area contributed by atoms with E-state index < -0.39 is 0 Å². The van der Waals surface area contributed by atoms with Gasteiger partial charge in [-0.2, -0.15) is 5.10 Å². The molecule has 0 aliphatic heterocycles. The summed E-state index contributed by atoms with van der Waals surface area (Å²) in [5.74, 6) is 0.512. The van der Waals surface area contributed by atoms with Gasteiger partial charge in [-0.25, -0.2) is 4.99 Å². The maximum atomic E-state index is 11.7. The molecule has 0 saturated carbocycles. The summed E-state index contributed by atoms with van der Waals surface area (Å²) in [6.07, 6.45) is 0. The molecule has 1 aromatic rings. The van der Waals surface area contributed by atoms with Crippen molar-refractivity contribution < 1.29 is 9.53 Å². The van der Waals surface area contributed by atoms with E-state index in [2.05, 4.69) is 26.0 Å². The smallest absolute Gasteiger partial charge is 0.239 e. The minimum Gasteiger partial charge on any atom is -0.383 e. The van der Waals surface area contributed by atoms with Gasteiger partial charge in [0.2, 0.25) is 5.91 Å². The van der Waals surface area contributed by atoms with E-state index >= 15 is 0 Å². The average Bonchev–Trinajstić information content (AvgIpc) is 2.75. The van der Waals surface area contributed by atoms with Gasteiger partial charge in [-0.1, -0.05) is 0 Å². The summed E-state index contributed by atoms with van der Waals surface area (Å²) in [6, 6.07) is 0. The molecule has 0 aromatic carbocycles. The molecule has 130 valence electrons. The van der Waals surface area contributed by atoms with Crippen LogP contribution in [0.1, 0.15) is 23.9 Å². The minimum atomic E-state index is -0.0959. The molecule has 0 saturated heterocycles. The van der Waals surface area contributed by atoms with Crippen LogP contribution in [0.15, 0.2) is 4.99 Å². The second-order valence-corrected chi connectivity index (χ2v) is 5.16. The SMILES string of the molecule is CCNC(=NCc1c(C)nn(C)c1C)NCC(=O)NCCOC. The molecule has 1 rings (SSSR count). The molecule has 8 heteroatoms. The topological polar surface area (TPSA) is 92.6 Å². The van der Waals surface area contributed by atoms with Gasteiger partial charge < -0.3 is 20.7 Å². The Bertz CT molecular complexity index is 538. The van der Waals surface area contributed by atoms with Gasteiger partial charge in [0.15, 0.2) is 5.96 Å². The number of aryl methyl sites for hydroxylation is 2. The van der Waals surface area contributed by atoms with E-state index in [-0.39, 0.29) is 12.5 Å². The quantitative estimate of drug-likeness (QED) is 0.351. The number of carbonyl (C=O) groups excluding carboxylic acids is 1. The Labute approximate surface area is 137 Å². The van der Waals surface area contributed by atoms with E-state index in [4.69, 9.17) is 4.74 Å². The number of hydrogen-bond acceptors (Lipinski definition) is 4. The average molecular weight is 324 g/mol. The maximum absolute atomic E-state index is 11.7. The molecular formula is C15H28N6O2. The highest BCUT2D eigenvalue weighted by molar-refractivity contribution is 5.86. The molecule has 0 fully saturated rings. The van der Waals surface area contributed by atoms with Crippen molar-refractivity contribution in [2.24, 2.45) is 12.0 Å². The lowest BCUT2D eigenvalue weighted by Crippen LogP contribution is -2.43. The molecular weight excluding hydrogens is 296 g/mol. The van der Waals surface area contributed by atoms with Crippen LogP contribution in [-0.2, 0) is 23.1 Å². The number of aliphatic imine (C=N–C) groups is 1. The van der Waals surface area contributed by atoms with Gasteiger partial charge in [-0.15, -0.1) is 0 Å². The highest BCUT2D eigenvalue weighted by atomic mass is 16.5. The van der Waals surface area contributed by atoms with Crippen LogP contribution in [0.5, 0.6) is 0 Å². The number of nitrogens with one attached hydrogen (secondary N) is 3. The Morgan fingerprint density at radius 3 is 2.61 bits per heavy atom. The van der Waals surface area contributed by atoms with E-state index in [0.717, 1.165) is 23.5 Å². The first-order chi connectivity index (χ1) is 11.0. The third kappa shape index (κ3) is 6.27.